The zero-order valence-electron chi connectivity index (χ0n) is 6.62. The van der Waals surface area contributed by atoms with E-state index in [1.54, 1.807) is 4.80 Å². The summed E-state index contributed by atoms with van der Waals surface area (Å²) in [6.45, 7) is 2.27. The molecule has 0 spiro atoms. The first-order valence-corrected chi connectivity index (χ1v) is 3.90. The van der Waals surface area contributed by atoms with E-state index in [0.29, 0.717) is 0 Å². The van der Waals surface area contributed by atoms with E-state index in [0.717, 1.165) is 31.1 Å². The first kappa shape index (κ1) is 6.79. The molecule has 4 nitrogen and oxygen atoms in total. The minimum absolute atomic E-state index is 0.784. The molecule has 0 unspecified atom stereocenters. The van der Waals surface area contributed by atoms with E-state index >= 15 is 0 Å². The maximum absolute atomic E-state index is 4.21. The fraction of sp³-hybridized carbons (Fsp3) is 0.714. The Morgan fingerprint density at radius 3 is 3.00 bits per heavy atom. The Morgan fingerprint density at radius 2 is 2.55 bits per heavy atom. The summed E-state index contributed by atoms with van der Waals surface area (Å²) in [5, 5.41) is 11.5. The third-order valence-electron chi connectivity index (χ3n) is 2.01. The van der Waals surface area contributed by atoms with Crippen LogP contribution in [0.2, 0.25) is 0 Å². The molecule has 0 aromatic carbocycles. The van der Waals surface area contributed by atoms with Crippen molar-refractivity contribution < 1.29 is 0 Å². The number of hydrogen-bond donors (Lipinski definition) is 1. The van der Waals surface area contributed by atoms with Crippen molar-refractivity contribution in [1.29, 1.82) is 0 Å². The summed E-state index contributed by atoms with van der Waals surface area (Å²) in [4.78, 5) is 1.61. The van der Waals surface area contributed by atoms with Gasteiger partial charge in [0.2, 0.25) is 0 Å². The number of aryl methyl sites for hydroxylation is 1. The van der Waals surface area contributed by atoms with Gasteiger partial charge in [0.1, 0.15) is 0 Å². The lowest BCUT2D eigenvalue weighted by Crippen LogP contribution is -2.43. The monoisotopic (exact) mass is 152 g/mol. The molecule has 4 heteroatoms. The Morgan fingerprint density at radius 1 is 1.73 bits per heavy atom. The molecule has 0 aliphatic carbocycles. The highest BCUT2D eigenvalue weighted by atomic mass is 15.4. The Bertz CT molecular complexity index is 238. The summed E-state index contributed by atoms with van der Waals surface area (Å²) < 4.78 is 0. The van der Waals surface area contributed by atoms with Crippen LogP contribution in [0.4, 0.5) is 0 Å². The molecule has 1 aromatic rings. The summed E-state index contributed by atoms with van der Waals surface area (Å²) in [5.74, 6) is 0.784. The molecule has 11 heavy (non-hydrogen) atoms. The average Bonchev–Trinajstić information content (AvgIpc) is 2.27. The number of rotatable bonds is 2. The predicted molar refractivity (Wildman–Crippen MR) is 41.1 cm³/mol. The van der Waals surface area contributed by atoms with Crippen LogP contribution in [-0.2, 0) is 13.5 Å². The van der Waals surface area contributed by atoms with Gasteiger partial charge in [-0.15, -0.1) is 0 Å². The molecule has 1 aromatic heterocycles. The molecule has 1 aliphatic heterocycles. The molecule has 2 rings (SSSR count). The molecule has 0 saturated carbocycles. The summed E-state index contributed by atoms with van der Waals surface area (Å²) in [6, 6.07) is 0. The van der Waals surface area contributed by atoms with Crippen molar-refractivity contribution in [3.05, 3.63) is 11.9 Å². The van der Waals surface area contributed by atoms with Gasteiger partial charge in [0.25, 0.3) is 0 Å². The van der Waals surface area contributed by atoms with Crippen LogP contribution in [0.1, 0.15) is 5.69 Å². The molecule has 0 radical (unpaired) electrons. The molecule has 60 valence electrons. The van der Waals surface area contributed by atoms with Crippen LogP contribution in [0.25, 0.3) is 0 Å². The van der Waals surface area contributed by atoms with E-state index in [4.69, 9.17) is 0 Å². The highest BCUT2D eigenvalue weighted by molar-refractivity contribution is 4.96. The lowest BCUT2D eigenvalue weighted by atomic mass is 9.98. The number of hydrogen-bond acceptors (Lipinski definition) is 3. The van der Waals surface area contributed by atoms with E-state index in [9.17, 15) is 0 Å². The van der Waals surface area contributed by atoms with Gasteiger partial charge in [-0.1, -0.05) is 0 Å². The second kappa shape index (κ2) is 2.62. The molecule has 1 N–H and O–H groups in total. The van der Waals surface area contributed by atoms with Gasteiger partial charge in [0.15, 0.2) is 0 Å². The van der Waals surface area contributed by atoms with Gasteiger partial charge in [-0.05, 0) is 25.4 Å². The number of nitrogens with zero attached hydrogens (tertiary/aromatic N) is 3. The quantitative estimate of drug-likeness (QED) is 0.625. The molecule has 0 amide bonds. The van der Waals surface area contributed by atoms with Crippen molar-refractivity contribution in [3.63, 3.8) is 0 Å². The van der Waals surface area contributed by atoms with Crippen LogP contribution < -0.4 is 5.32 Å². The van der Waals surface area contributed by atoms with Gasteiger partial charge >= 0.3 is 0 Å². The maximum atomic E-state index is 4.21. The smallest absolute Gasteiger partial charge is 0.0830 e. The van der Waals surface area contributed by atoms with Crippen molar-refractivity contribution in [1.82, 2.24) is 20.3 Å². The fourth-order valence-corrected chi connectivity index (χ4v) is 1.27. The standard InChI is InChI=1S/C7H12N4/c1-11-9-5-7(10-11)2-6-3-8-4-6/h5-6,8H,2-4H2,1H3. The molecule has 0 bridgehead atoms. The van der Waals surface area contributed by atoms with Crippen molar-refractivity contribution in [3.8, 4) is 0 Å². The topological polar surface area (TPSA) is 42.7 Å². The van der Waals surface area contributed by atoms with Crippen molar-refractivity contribution in [2.45, 2.75) is 6.42 Å². The molecular weight excluding hydrogens is 140 g/mol. The van der Waals surface area contributed by atoms with E-state index in [1.807, 2.05) is 13.2 Å². The largest absolute Gasteiger partial charge is 0.316 e. The van der Waals surface area contributed by atoms with E-state index in [2.05, 4.69) is 15.5 Å². The minimum atomic E-state index is 0.784. The van der Waals surface area contributed by atoms with Gasteiger partial charge in [0, 0.05) is 7.05 Å². The Balaban J connectivity index is 1.95. The predicted octanol–water partition coefficient (Wildman–Crippen LogP) is -0.423. The fourth-order valence-electron chi connectivity index (χ4n) is 1.27. The summed E-state index contributed by atoms with van der Waals surface area (Å²) in [6.07, 6.45) is 2.92. The van der Waals surface area contributed by atoms with E-state index in [-0.39, 0.29) is 0 Å². The molecule has 1 fully saturated rings. The highest BCUT2D eigenvalue weighted by Gasteiger charge is 2.17. The third-order valence-corrected chi connectivity index (χ3v) is 2.01. The summed E-state index contributed by atoms with van der Waals surface area (Å²) in [5.41, 5.74) is 1.11. The zero-order chi connectivity index (χ0) is 7.68. The van der Waals surface area contributed by atoms with Gasteiger partial charge in [-0.3, -0.25) is 0 Å². The number of nitrogens with one attached hydrogen (secondary N) is 1. The highest BCUT2D eigenvalue weighted by Crippen LogP contribution is 2.08. The third kappa shape index (κ3) is 1.40. The number of aromatic nitrogens is 3. The van der Waals surface area contributed by atoms with Crippen LogP contribution in [-0.4, -0.2) is 28.1 Å². The van der Waals surface area contributed by atoms with Crippen LogP contribution in [0, 0.1) is 5.92 Å². The SMILES string of the molecule is Cn1ncc(CC2CNC2)n1. The van der Waals surface area contributed by atoms with Gasteiger partial charge in [-0.25, -0.2) is 0 Å². The van der Waals surface area contributed by atoms with Crippen molar-refractivity contribution >= 4 is 0 Å². The second-order valence-electron chi connectivity index (χ2n) is 3.05. The van der Waals surface area contributed by atoms with Crippen LogP contribution in [0.5, 0.6) is 0 Å². The van der Waals surface area contributed by atoms with E-state index in [1.165, 1.54) is 0 Å². The van der Waals surface area contributed by atoms with Gasteiger partial charge in [0.05, 0.1) is 11.9 Å². The molecule has 0 atom stereocenters. The second-order valence-corrected chi connectivity index (χ2v) is 3.05. The van der Waals surface area contributed by atoms with Crippen LogP contribution >= 0.6 is 0 Å². The Labute approximate surface area is 65.6 Å². The van der Waals surface area contributed by atoms with Crippen LogP contribution in [0.3, 0.4) is 0 Å². The summed E-state index contributed by atoms with van der Waals surface area (Å²) in [7, 11) is 1.85. The van der Waals surface area contributed by atoms with Crippen LogP contribution in [0.15, 0.2) is 6.20 Å². The zero-order valence-corrected chi connectivity index (χ0v) is 6.62. The maximum Gasteiger partial charge on any atom is 0.0830 e. The molecule has 1 aliphatic rings. The van der Waals surface area contributed by atoms with Gasteiger partial charge < -0.3 is 5.32 Å². The van der Waals surface area contributed by atoms with E-state index < -0.39 is 0 Å². The lowest BCUT2D eigenvalue weighted by Gasteiger charge is -2.25. The molecule has 1 saturated heterocycles. The van der Waals surface area contributed by atoms with Crippen molar-refractivity contribution in [2.75, 3.05) is 13.1 Å². The van der Waals surface area contributed by atoms with Gasteiger partial charge in [-0.2, -0.15) is 15.0 Å². The normalized spacial score (nSPS) is 18.3. The minimum Gasteiger partial charge on any atom is -0.316 e. The molecular formula is C7H12N4. The Kier molecular flexibility index (Phi) is 1.62. The van der Waals surface area contributed by atoms with Crippen molar-refractivity contribution in [2.24, 2.45) is 13.0 Å². The lowest BCUT2D eigenvalue weighted by molar-refractivity contribution is 0.343. The first-order chi connectivity index (χ1) is 5.34. The average molecular weight is 152 g/mol. The first-order valence-electron chi connectivity index (χ1n) is 3.90. The Hall–Kier alpha value is -0.900. The summed E-state index contributed by atoms with van der Waals surface area (Å²) >= 11 is 0. The molecule has 2 heterocycles.